The second-order valence-electron chi connectivity index (χ2n) is 6.81. The van der Waals surface area contributed by atoms with Gasteiger partial charge in [-0.2, -0.15) is 0 Å². The van der Waals surface area contributed by atoms with E-state index in [-0.39, 0.29) is 17.6 Å². The van der Waals surface area contributed by atoms with Crippen LogP contribution in [0.15, 0.2) is 60.7 Å². The molecule has 1 aliphatic carbocycles. The number of esters is 1. The van der Waals surface area contributed by atoms with Gasteiger partial charge in [0.15, 0.2) is 6.61 Å². The van der Waals surface area contributed by atoms with E-state index in [9.17, 15) is 14.4 Å². The largest absolute Gasteiger partial charge is 0.451 e. The number of carbonyl (C=O) groups is 3. The monoisotopic (exact) mass is 389 g/mol. The van der Waals surface area contributed by atoms with Crippen LogP contribution in [0.3, 0.4) is 0 Å². The van der Waals surface area contributed by atoms with Crippen LogP contribution in [0, 0.1) is 0 Å². The topological polar surface area (TPSA) is 97.4 Å². The Kier molecular flexibility index (Phi) is 5.20. The van der Waals surface area contributed by atoms with Crippen molar-refractivity contribution in [1.29, 1.82) is 0 Å². The van der Waals surface area contributed by atoms with E-state index in [1.165, 1.54) is 0 Å². The molecule has 2 amide bonds. The Labute approximate surface area is 167 Å². The van der Waals surface area contributed by atoms with Gasteiger partial charge in [0.1, 0.15) is 5.69 Å². The zero-order chi connectivity index (χ0) is 20.2. The lowest BCUT2D eigenvalue weighted by Gasteiger charge is -2.11. The van der Waals surface area contributed by atoms with E-state index in [0.29, 0.717) is 16.8 Å². The maximum Gasteiger partial charge on any atom is 0.357 e. The molecule has 0 spiro atoms. The number of benzene rings is 2. The van der Waals surface area contributed by atoms with Crippen molar-refractivity contribution in [3.05, 3.63) is 71.9 Å². The number of rotatable bonds is 6. The Hall–Kier alpha value is -3.74. The minimum Gasteiger partial charge on any atom is -0.451 e. The van der Waals surface area contributed by atoms with Crippen LogP contribution in [0.4, 0.5) is 5.69 Å². The molecule has 2 aromatic carbocycles. The van der Waals surface area contributed by atoms with E-state index < -0.39 is 18.5 Å². The molecule has 0 radical (unpaired) electrons. The van der Waals surface area contributed by atoms with Crippen molar-refractivity contribution in [1.82, 2.24) is 10.3 Å². The highest BCUT2D eigenvalue weighted by Gasteiger charge is 2.25. The fourth-order valence-corrected chi connectivity index (χ4v) is 2.85. The first-order chi connectivity index (χ1) is 14.1. The quantitative estimate of drug-likeness (QED) is 0.632. The number of fused-ring (bicyclic) bond motifs is 1. The third-order valence-electron chi connectivity index (χ3n) is 4.50. The Morgan fingerprint density at radius 3 is 2.55 bits per heavy atom. The highest BCUT2D eigenvalue weighted by atomic mass is 16.5. The van der Waals surface area contributed by atoms with Gasteiger partial charge in [-0.3, -0.25) is 9.59 Å². The standard InChI is InChI=1S/C22H19N3O4/c26-20(25-18-8-4-2-6-16(18)21(27)23-15-10-11-15)13-29-22(28)19-12-9-14-5-1-3-7-17(14)24-19/h1-9,12,15H,10-11,13H2,(H,23,27)(H,25,26). The number of amides is 2. The SMILES string of the molecule is O=C(COC(=O)c1ccc2ccccc2n1)Nc1ccccc1C(=O)NC1CC1. The molecule has 0 saturated heterocycles. The molecule has 29 heavy (non-hydrogen) atoms. The molecule has 4 rings (SSSR count). The lowest BCUT2D eigenvalue weighted by molar-refractivity contribution is -0.119. The molecule has 1 fully saturated rings. The van der Waals surface area contributed by atoms with Gasteiger partial charge in [-0.15, -0.1) is 0 Å². The first-order valence-electron chi connectivity index (χ1n) is 9.33. The third-order valence-corrected chi connectivity index (χ3v) is 4.50. The van der Waals surface area contributed by atoms with Crippen LogP contribution in [0.25, 0.3) is 10.9 Å². The van der Waals surface area contributed by atoms with Gasteiger partial charge in [0.25, 0.3) is 11.8 Å². The fraction of sp³-hybridized carbons (Fsp3) is 0.182. The highest BCUT2D eigenvalue weighted by Crippen LogP contribution is 2.21. The lowest BCUT2D eigenvalue weighted by atomic mass is 10.1. The Morgan fingerprint density at radius 2 is 1.72 bits per heavy atom. The number of para-hydroxylation sites is 2. The van der Waals surface area contributed by atoms with E-state index in [1.54, 1.807) is 42.5 Å². The van der Waals surface area contributed by atoms with E-state index in [4.69, 9.17) is 4.74 Å². The second-order valence-corrected chi connectivity index (χ2v) is 6.81. The van der Waals surface area contributed by atoms with E-state index >= 15 is 0 Å². The average Bonchev–Trinajstić information content (AvgIpc) is 3.56. The predicted molar refractivity (Wildman–Crippen MR) is 108 cm³/mol. The number of hydrogen-bond donors (Lipinski definition) is 2. The van der Waals surface area contributed by atoms with Crippen molar-refractivity contribution in [3.8, 4) is 0 Å². The highest BCUT2D eigenvalue weighted by molar-refractivity contribution is 6.04. The van der Waals surface area contributed by atoms with Crippen LogP contribution < -0.4 is 10.6 Å². The van der Waals surface area contributed by atoms with Crippen LogP contribution >= 0.6 is 0 Å². The van der Waals surface area contributed by atoms with Crippen LogP contribution in [-0.4, -0.2) is 35.4 Å². The Morgan fingerprint density at radius 1 is 0.966 bits per heavy atom. The number of aromatic nitrogens is 1. The molecule has 2 N–H and O–H groups in total. The molecular formula is C22H19N3O4. The number of nitrogens with one attached hydrogen (secondary N) is 2. The number of anilines is 1. The average molecular weight is 389 g/mol. The summed E-state index contributed by atoms with van der Waals surface area (Å²) in [7, 11) is 0. The zero-order valence-electron chi connectivity index (χ0n) is 15.6. The molecule has 146 valence electrons. The van der Waals surface area contributed by atoms with Crippen molar-refractivity contribution in [2.75, 3.05) is 11.9 Å². The summed E-state index contributed by atoms with van der Waals surface area (Å²) in [5.74, 6) is -1.46. The molecule has 7 nitrogen and oxygen atoms in total. The number of pyridine rings is 1. The fourth-order valence-electron chi connectivity index (χ4n) is 2.85. The number of nitrogens with zero attached hydrogens (tertiary/aromatic N) is 1. The summed E-state index contributed by atoms with van der Waals surface area (Å²) in [5.41, 5.74) is 1.54. The summed E-state index contributed by atoms with van der Waals surface area (Å²) >= 11 is 0. The Bertz CT molecular complexity index is 1090. The minimum absolute atomic E-state index is 0.126. The van der Waals surface area contributed by atoms with Gasteiger partial charge in [0.05, 0.1) is 16.8 Å². The third kappa shape index (κ3) is 4.57. The van der Waals surface area contributed by atoms with Crippen molar-refractivity contribution >= 4 is 34.4 Å². The van der Waals surface area contributed by atoms with E-state index in [2.05, 4.69) is 15.6 Å². The van der Waals surface area contributed by atoms with Gasteiger partial charge < -0.3 is 15.4 Å². The maximum absolute atomic E-state index is 12.3. The van der Waals surface area contributed by atoms with Crippen LogP contribution in [-0.2, 0) is 9.53 Å². The molecule has 1 aliphatic rings. The van der Waals surface area contributed by atoms with Gasteiger partial charge in [0, 0.05) is 11.4 Å². The van der Waals surface area contributed by atoms with E-state index in [1.807, 2.05) is 18.2 Å². The lowest BCUT2D eigenvalue weighted by Crippen LogP contribution is -2.28. The normalized spacial score (nSPS) is 13.0. The van der Waals surface area contributed by atoms with Crippen LogP contribution in [0.5, 0.6) is 0 Å². The molecule has 0 aliphatic heterocycles. The van der Waals surface area contributed by atoms with E-state index in [0.717, 1.165) is 18.2 Å². The van der Waals surface area contributed by atoms with Crippen molar-refractivity contribution in [2.24, 2.45) is 0 Å². The molecule has 1 saturated carbocycles. The number of carbonyl (C=O) groups excluding carboxylic acids is 3. The van der Waals surface area contributed by atoms with Crippen LogP contribution in [0.1, 0.15) is 33.7 Å². The summed E-state index contributed by atoms with van der Waals surface area (Å²) in [6.45, 7) is -0.480. The molecule has 3 aromatic rings. The van der Waals surface area contributed by atoms with Crippen molar-refractivity contribution in [3.63, 3.8) is 0 Å². The summed E-state index contributed by atoms with van der Waals surface area (Å²) < 4.78 is 5.07. The first-order valence-corrected chi connectivity index (χ1v) is 9.33. The van der Waals surface area contributed by atoms with Gasteiger partial charge >= 0.3 is 5.97 Å². The molecule has 0 atom stereocenters. The van der Waals surface area contributed by atoms with Gasteiger partial charge in [-0.1, -0.05) is 36.4 Å². The predicted octanol–water partition coefficient (Wildman–Crippen LogP) is 2.92. The molecular weight excluding hydrogens is 370 g/mol. The Balaban J connectivity index is 1.37. The van der Waals surface area contributed by atoms with Crippen molar-refractivity contribution in [2.45, 2.75) is 18.9 Å². The molecule has 0 bridgehead atoms. The van der Waals surface area contributed by atoms with Crippen molar-refractivity contribution < 1.29 is 19.1 Å². The van der Waals surface area contributed by atoms with Crippen LogP contribution in [0.2, 0.25) is 0 Å². The zero-order valence-corrected chi connectivity index (χ0v) is 15.6. The smallest absolute Gasteiger partial charge is 0.357 e. The molecule has 1 aromatic heterocycles. The van der Waals surface area contributed by atoms with Gasteiger partial charge in [-0.05, 0) is 37.1 Å². The molecule has 7 heteroatoms. The molecule has 0 unspecified atom stereocenters. The summed E-state index contributed by atoms with van der Waals surface area (Å²) in [6.07, 6.45) is 1.94. The second kappa shape index (κ2) is 8.10. The molecule has 1 heterocycles. The minimum atomic E-state index is -0.689. The van der Waals surface area contributed by atoms with Gasteiger partial charge in [0.2, 0.25) is 0 Å². The number of ether oxygens (including phenoxy) is 1. The maximum atomic E-state index is 12.3. The summed E-state index contributed by atoms with van der Waals surface area (Å²) in [4.78, 5) is 41.0. The number of hydrogen-bond acceptors (Lipinski definition) is 5. The van der Waals surface area contributed by atoms with Gasteiger partial charge in [-0.25, -0.2) is 9.78 Å². The summed E-state index contributed by atoms with van der Waals surface area (Å²) in [6, 6.07) is 17.6. The first kappa shape index (κ1) is 18.6. The summed E-state index contributed by atoms with van der Waals surface area (Å²) in [5, 5.41) is 6.42.